The van der Waals surface area contributed by atoms with Crippen molar-refractivity contribution in [2.75, 3.05) is 14.2 Å². The molecule has 0 aliphatic carbocycles. The molecule has 1 heterocycles. The maximum Gasteiger partial charge on any atom is 0.282 e. The number of benzene rings is 1. The summed E-state index contributed by atoms with van der Waals surface area (Å²) in [6.45, 7) is 0. The lowest BCUT2D eigenvalue weighted by molar-refractivity contribution is -0.385. The summed E-state index contributed by atoms with van der Waals surface area (Å²) in [6.07, 6.45) is 4.05. The number of rotatable bonds is 5. The van der Waals surface area contributed by atoms with E-state index in [0.717, 1.165) is 0 Å². The molecule has 0 radical (unpaired) electrons. The Labute approximate surface area is 113 Å². The lowest BCUT2D eigenvalue weighted by Crippen LogP contribution is -1.99. The Hall–Kier alpha value is -2.97. The number of ether oxygens (including phenoxy) is 2. The molecular formula is C11H11N5O4. The van der Waals surface area contributed by atoms with Gasteiger partial charge in [-0.1, -0.05) is 0 Å². The third kappa shape index (κ3) is 2.71. The highest BCUT2D eigenvalue weighted by atomic mass is 16.6. The number of aromatic nitrogens is 3. The van der Waals surface area contributed by atoms with Gasteiger partial charge in [-0.05, 0) is 6.07 Å². The van der Waals surface area contributed by atoms with Crippen LogP contribution in [0.15, 0.2) is 29.9 Å². The molecule has 0 unspecified atom stereocenters. The van der Waals surface area contributed by atoms with Crippen molar-refractivity contribution in [3.05, 3.63) is 40.5 Å². The fourth-order valence-electron chi connectivity index (χ4n) is 1.53. The molecule has 0 saturated heterocycles. The van der Waals surface area contributed by atoms with E-state index in [4.69, 9.17) is 9.47 Å². The summed E-state index contributed by atoms with van der Waals surface area (Å²) < 4.78 is 11.5. The molecule has 0 spiro atoms. The average Bonchev–Trinajstić information content (AvgIpc) is 2.97. The summed E-state index contributed by atoms with van der Waals surface area (Å²) >= 11 is 0. The Morgan fingerprint density at radius 2 is 1.85 bits per heavy atom. The first kappa shape index (κ1) is 13.5. The molecule has 0 aliphatic rings. The van der Waals surface area contributed by atoms with Crippen molar-refractivity contribution in [2.45, 2.75) is 0 Å². The second-order valence-corrected chi connectivity index (χ2v) is 3.61. The Morgan fingerprint density at radius 1 is 1.25 bits per heavy atom. The Morgan fingerprint density at radius 3 is 2.40 bits per heavy atom. The van der Waals surface area contributed by atoms with Gasteiger partial charge in [0.25, 0.3) is 5.69 Å². The summed E-state index contributed by atoms with van der Waals surface area (Å²) in [5.74, 6) is 0.656. The quantitative estimate of drug-likeness (QED) is 0.460. The maximum absolute atomic E-state index is 11.1. The molecule has 0 aliphatic heterocycles. The van der Waals surface area contributed by atoms with Gasteiger partial charge in [-0.3, -0.25) is 10.1 Å². The minimum Gasteiger partial charge on any atom is -0.493 e. The minimum atomic E-state index is -0.518. The molecule has 2 rings (SSSR count). The molecule has 2 aromatic rings. The molecular weight excluding hydrogens is 266 g/mol. The molecule has 9 nitrogen and oxygen atoms in total. The van der Waals surface area contributed by atoms with Crippen molar-refractivity contribution < 1.29 is 14.4 Å². The van der Waals surface area contributed by atoms with Crippen molar-refractivity contribution in [2.24, 2.45) is 5.10 Å². The van der Waals surface area contributed by atoms with Crippen LogP contribution in [0.2, 0.25) is 0 Å². The molecule has 104 valence electrons. The number of nitro groups is 1. The van der Waals surface area contributed by atoms with Crippen LogP contribution in [0, 0.1) is 10.1 Å². The Bertz CT molecular complexity index is 639. The van der Waals surface area contributed by atoms with E-state index in [2.05, 4.69) is 15.3 Å². The molecule has 1 aromatic heterocycles. The van der Waals surface area contributed by atoms with Gasteiger partial charge in [0.2, 0.25) is 0 Å². The van der Waals surface area contributed by atoms with Crippen LogP contribution in [0.4, 0.5) is 5.69 Å². The lowest BCUT2D eigenvalue weighted by atomic mass is 10.1. The zero-order valence-corrected chi connectivity index (χ0v) is 10.8. The number of hydrogen-bond donors (Lipinski definition) is 0. The highest BCUT2D eigenvalue weighted by Crippen LogP contribution is 2.33. The fourth-order valence-corrected chi connectivity index (χ4v) is 1.53. The van der Waals surface area contributed by atoms with Crippen LogP contribution < -0.4 is 9.47 Å². The van der Waals surface area contributed by atoms with Gasteiger partial charge >= 0.3 is 0 Å². The Kier molecular flexibility index (Phi) is 3.89. The maximum atomic E-state index is 11.1. The van der Waals surface area contributed by atoms with Crippen molar-refractivity contribution in [3.63, 3.8) is 0 Å². The van der Waals surface area contributed by atoms with Crippen LogP contribution >= 0.6 is 0 Å². The first-order valence-corrected chi connectivity index (χ1v) is 5.45. The molecule has 0 bridgehead atoms. The van der Waals surface area contributed by atoms with Gasteiger partial charge in [0.1, 0.15) is 12.7 Å². The molecule has 0 atom stereocenters. The lowest BCUT2D eigenvalue weighted by Gasteiger charge is -2.08. The van der Waals surface area contributed by atoms with Crippen LogP contribution in [-0.4, -0.2) is 40.2 Å². The number of hydrogen-bond acceptors (Lipinski definition) is 7. The summed E-state index contributed by atoms with van der Waals surface area (Å²) in [6, 6.07) is 2.76. The van der Waals surface area contributed by atoms with E-state index in [1.54, 1.807) is 0 Å². The summed E-state index contributed by atoms with van der Waals surface area (Å²) in [4.78, 5) is 10.5. The number of methoxy groups -OCH3 is 2. The van der Waals surface area contributed by atoms with E-state index < -0.39 is 4.92 Å². The van der Waals surface area contributed by atoms with E-state index in [1.165, 1.54) is 49.9 Å². The molecule has 0 N–H and O–H groups in total. The predicted molar refractivity (Wildman–Crippen MR) is 69.2 cm³/mol. The summed E-state index contributed by atoms with van der Waals surface area (Å²) in [5, 5.41) is 22.2. The topological polar surface area (TPSA) is 105 Å². The van der Waals surface area contributed by atoms with E-state index >= 15 is 0 Å². The van der Waals surface area contributed by atoms with E-state index in [1.807, 2.05) is 0 Å². The first-order valence-electron chi connectivity index (χ1n) is 5.45. The first-order chi connectivity index (χ1) is 9.65. The van der Waals surface area contributed by atoms with Crippen LogP contribution in [0.3, 0.4) is 0 Å². The molecule has 0 amide bonds. The van der Waals surface area contributed by atoms with Gasteiger partial charge in [-0.25, -0.2) is 4.68 Å². The number of nitro benzene ring substituents is 1. The van der Waals surface area contributed by atoms with Crippen molar-refractivity contribution in [1.29, 1.82) is 0 Å². The highest BCUT2D eigenvalue weighted by molar-refractivity contribution is 5.86. The second kappa shape index (κ2) is 5.78. The monoisotopic (exact) mass is 277 g/mol. The number of nitrogens with zero attached hydrogens (tertiary/aromatic N) is 5. The summed E-state index contributed by atoms with van der Waals surface area (Å²) in [7, 11) is 2.86. The van der Waals surface area contributed by atoms with Crippen LogP contribution in [0.5, 0.6) is 11.5 Å². The fraction of sp³-hybridized carbons (Fsp3) is 0.182. The van der Waals surface area contributed by atoms with E-state index in [-0.39, 0.29) is 17.0 Å². The molecule has 9 heteroatoms. The van der Waals surface area contributed by atoms with Gasteiger partial charge in [0.15, 0.2) is 11.5 Å². The normalized spacial score (nSPS) is 10.7. The minimum absolute atomic E-state index is 0.139. The molecule has 0 saturated carbocycles. The van der Waals surface area contributed by atoms with Gasteiger partial charge in [0.05, 0.1) is 37.0 Å². The van der Waals surface area contributed by atoms with E-state index in [9.17, 15) is 10.1 Å². The van der Waals surface area contributed by atoms with Gasteiger partial charge < -0.3 is 9.47 Å². The van der Waals surface area contributed by atoms with Gasteiger partial charge in [-0.15, -0.1) is 10.2 Å². The zero-order valence-electron chi connectivity index (χ0n) is 10.8. The SMILES string of the molecule is COc1cc(C=Nn2cnnc2)c([N+](=O)[O-])cc1OC. The standard InChI is InChI=1S/C11H11N5O4/c1-19-10-3-8(5-14-15-6-12-13-7-15)9(16(17)18)4-11(10)20-2/h3-7H,1-2H3. The smallest absolute Gasteiger partial charge is 0.282 e. The summed E-state index contributed by atoms with van der Waals surface area (Å²) in [5.41, 5.74) is 0.140. The second-order valence-electron chi connectivity index (χ2n) is 3.61. The predicted octanol–water partition coefficient (Wildman–Crippen LogP) is 1.09. The highest BCUT2D eigenvalue weighted by Gasteiger charge is 2.18. The third-order valence-corrected chi connectivity index (χ3v) is 2.47. The Balaban J connectivity index is 2.47. The van der Waals surface area contributed by atoms with Crippen LogP contribution in [0.1, 0.15) is 5.56 Å². The zero-order chi connectivity index (χ0) is 14.5. The van der Waals surface area contributed by atoms with Crippen LogP contribution in [-0.2, 0) is 0 Å². The van der Waals surface area contributed by atoms with Crippen LogP contribution in [0.25, 0.3) is 0 Å². The molecule has 0 fully saturated rings. The van der Waals surface area contributed by atoms with Crippen molar-refractivity contribution >= 4 is 11.9 Å². The third-order valence-electron chi connectivity index (χ3n) is 2.47. The van der Waals surface area contributed by atoms with Gasteiger partial charge in [-0.2, -0.15) is 5.10 Å². The van der Waals surface area contributed by atoms with Gasteiger partial charge in [0, 0.05) is 0 Å². The van der Waals surface area contributed by atoms with Crippen molar-refractivity contribution in [1.82, 2.24) is 14.9 Å². The molecule has 20 heavy (non-hydrogen) atoms. The molecule has 1 aromatic carbocycles. The van der Waals surface area contributed by atoms with Crippen molar-refractivity contribution in [3.8, 4) is 11.5 Å². The largest absolute Gasteiger partial charge is 0.493 e. The van der Waals surface area contributed by atoms with E-state index in [0.29, 0.717) is 5.75 Å². The average molecular weight is 277 g/mol.